The lowest BCUT2D eigenvalue weighted by Crippen LogP contribution is -2.56. The third-order valence-corrected chi connectivity index (χ3v) is 5.90. The number of amides is 2. The number of hydrogen-bond acceptors (Lipinski definition) is 6. The molecule has 1 aromatic heterocycles. The van der Waals surface area contributed by atoms with Gasteiger partial charge in [0.2, 0.25) is 11.9 Å². The first-order valence-corrected chi connectivity index (χ1v) is 11.3. The summed E-state index contributed by atoms with van der Waals surface area (Å²) in [6.45, 7) is 1.27. The Hall–Kier alpha value is -3.99. The molecule has 1 saturated heterocycles. The van der Waals surface area contributed by atoms with E-state index < -0.39 is 30.3 Å². The first-order chi connectivity index (χ1) is 17.3. The van der Waals surface area contributed by atoms with Gasteiger partial charge in [-0.05, 0) is 41.5 Å². The summed E-state index contributed by atoms with van der Waals surface area (Å²) < 4.78 is 38.3. The third-order valence-electron chi connectivity index (χ3n) is 5.90. The lowest BCUT2D eigenvalue weighted by molar-refractivity contribution is -0.137. The van der Waals surface area contributed by atoms with Gasteiger partial charge in [-0.3, -0.25) is 9.59 Å². The number of alkyl halides is 3. The predicted octanol–water partition coefficient (Wildman–Crippen LogP) is 2.60. The van der Waals surface area contributed by atoms with Crippen molar-refractivity contribution in [2.75, 3.05) is 37.7 Å². The fourth-order valence-corrected chi connectivity index (χ4v) is 3.89. The number of benzene rings is 2. The van der Waals surface area contributed by atoms with Crippen LogP contribution < -0.4 is 10.2 Å². The molecule has 1 fully saturated rings. The normalized spacial score (nSPS) is 14.9. The van der Waals surface area contributed by atoms with Gasteiger partial charge in [0.1, 0.15) is 6.04 Å². The van der Waals surface area contributed by atoms with Crippen LogP contribution in [0, 0.1) is 0 Å². The molecule has 2 N–H and O–H groups in total. The Kier molecular flexibility index (Phi) is 7.49. The van der Waals surface area contributed by atoms with E-state index in [1.807, 2.05) is 4.90 Å². The number of anilines is 1. The molecule has 188 valence electrons. The summed E-state index contributed by atoms with van der Waals surface area (Å²) in [5.74, 6) is -0.352. The topological polar surface area (TPSA) is 98.7 Å². The minimum absolute atomic E-state index is 0.253. The minimum Gasteiger partial charge on any atom is -0.394 e. The Labute approximate surface area is 205 Å². The highest BCUT2D eigenvalue weighted by Crippen LogP contribution is 2.31. The predicted molar refractivity (Wildman–Crippen MR) is 126 cm³/mol. The summed E-state index contributed by atoms with van der Waals surface area (Å²) in [5.41, 5.74) is 0.716. The maximum absolute atomic E-state index is 12.9. The summed E-state index contributed by atoms with van der Waals surface area (Å²) in [7, 11) is 0. The van der Waals surface area contributed by atoms with Crippen LogP contribution in [0.1, 0.15) is 15.9 Å². The number of rotatable bonds is 6. The highest BCUT2D eigenvalue weighted by molar-refractivity contribution is 5.98. The molecule has 0 spiro atoms. The summed E-state index contributed by atoms with van der Waals surface area (Å²) >= 11 is 0. The second-order valence-corrected chi connectivity index (χ2v) is 8.22. The standard InChI is InChI=1S/C25H24F3N5O3/c26-25(27,28)20-8-6-18(7-9-20)17-2-4-19(5-3-17)22(35)31-21(16-34)23(36)32-12-14-33(15-13-32)24-29-10-1-11-30-24/h1-11,21,34H,12-16H2,(H,31,35). The van der Waals surface area contributed by atoms with E-state index in [0.29, 0.717) is 43.3 Å². The van der Waals surface area contributed by atoms with Gasteiger partial charge in [0, 0.05) is 44.1 Å². The fraction of sp³-hybridized carbons (Fsp3) is 0.280. The maximum Gasteiger partial charge on any atom is 0.416 e. The lowest BCUT2D eigenvalue weighted by atomic mass is 10.0. The van der Waals surface area contributed by atoms with Gasteiger partial charge < -0.3 is 20.2 Å². The van der Waals surface area contributed by atoms with E-state index in [0.717, 1.165) is 12.1 Å². The van der Waals surface area contributed by atoms with Crippen molar-refractivity contribution in [1.82, 2.24) is 20.2 Å². The highest BCUT2D eigenvalue weighted by Gasteiger charge is 2.30. The molecule has 1 aliphatic rings. The van der Waals surface area contributed by atoms with Gasteiger partial charge in [0.05, 0.1) is 12.2 Å². The van der Waals surface area contributed by atoms with Crippen LogP contribution in [-0.2, 0) is 11.0 Å². The van der Waals surface area contributed by atoms with Crippen LogP contribution in [0.4, 0.5) is 19.1 Å². The monoisotopic (exact) mass is 499 g/mol. The van der Waals surface area contributed by atoms with Gasteiger partial charge in [0.25, 0.3) is 5.91 Å². The third kappa shape index (κ3) is 5.80. The number of hydrogen-bond donors (Lipinski definition) is 2. The van der Waals surface area contributed by atoms with Crippen molar-refractivity contribution in [3.63, 3.8) is 0 Å². The molecular formula is C25H24F3N5O3. The van der Waals surface area contributed by atoms with Crippen LogP contribution in [-0.4, -0.2) is 70.6 Å². The van der Waals surface area contributed by atoms with E-state index in [1.165, 1.54) is 24.3 Å². The van der Waals surface area contributed by atoms with Crippen LogP contribution in [0.3, 0.4) is 0 Å². The van der Waals surface area contributed by atoms with E-state index >= 15 is 0 Å². The second kappa shape index (κ2) is 10.7. The molecule has 0 radical (unpaired) electrons. The van der Waals surface area contributed by atoms with Gasteiger partial charge in [-0.1, -0.05) is 24.3 Å². The number of aliphatic hydroxyl groups excluding tert-OH is 1. The Morgan fingerprint density at radius 1 is 0.917 bits per heavy atom. The molecule has 2 heterocycles. The van der Waals surface area contributed by atoms with Crippen molar-refractivity contribution >= 4 is 17.8 Å². The van der Waals surface area contributed by atoms with Crippen LogP contribution in [0.25, 0.3) is 11.1 Å². The van der Waals surface area contributed by atoms with E-state index in [9.17, 15) is 27.9 Å². The molecule has 4 rings (SSSR count). The summed E-state index contributed by atoms with van der Waals surface area (Å²) in [6.07, 6.45) is -1.12. The second-order valence-electron chi connectivity index (χ2n) is 8.22. The Morgan fingerprint density at radius 3 is 2.00 bits per heavy atom. The van der Waals surface area contributed by atoms with Crippen molar-refractivity contribution in [3.05, 3.63) is 78.1 Å². The first-order valence-electron chi connectivity index (χ1n) is 11.3. The molecule has 11 heteroatoms. The highest BCUT2D eigenvalue weighted by atomic mass is 19.4. The van der Waals surface area contributed by atoms with Crippen molar-refractivity contribution in [2.45, 2.75) is 12.2 Å². The SMILES string of the molecule is O=C(NC(CO)C(=O)N1CCN(c2ncccn2)CC1)c1ccc(-c2ccc(C(F)(F)F)cc2)cc1. The molecule has 0 aliphatic carbocycles. The smallest absolute Gasteiger partial charge is 0.394 e. The molecule has 36 heavy (non-hydrogen) atoms. The number of nitrogens with one attached hydrogen (secondary N) is 1. The zero-order valence-corrected chi connectivity index (χ0v) is 19.2. The molecule has 2 amide bonds. The molecule has 1 unspecified atom stereocenters. The lowest BCUT2D eigenvalue weighted by Gasteiger charge is -2.36. The molecule has 1 atom stereocenters. The zero-order chi connectivity index (χ0) is 25.7. The van der Waals surface area contributed by atoms with Crippen molar-refractivity contribution in [2.24, 2.45) is 0 Å². The Morgan fingerprint density at radius 2 is 1.47 bits per heavy atom. The largest absolute Gasteiger partial charge is 0.416 e. The van der Waals surface area contributed by atoms with Crippen LogP contribution in [0.5, 0.6) is 0 Å². The summed E-state index contributed by atoms with van der Waals surface area (Å²) in [6, 6.07) is 11.6. The number of aromatic nitrogens is 2. The van der Waals surface area contributed by atoms with E-state index in [2.05, 4.69) is 15.3 Å². The summed E-state index contributed by atoms with van der Waals surface area (Å²) in [5, 5.41) is 12.3. The van der Waals surface area contributed by atoms with E-state index in [4.69, 9.17) is 0 Å². The molecule has 0 bridgehead atoms. The van der Waals surface area contributed by atoms with Gasteiger partial charge in [-0.2, -0.15) is 13.2 Å². The number of carbonyl (C=O) groups excluding carboxylic acids is 2. The number of carbonyl (C=O) groups is 2. The summed E-state index contributed by atoms with van der Waals surface area (Å²) in [4.78, 5) is 37.5. The van der Waals surface area contributed by atoms with Crippen molar-refractivity contribution in [3.8, 4) is 11.1 Å². The van der Waals surface area contributed by atoms with Gasteiger partial charge in [0.15, 0.2) is 0 Å². The average Bonchev–Trinajstić information content (AvgIpc) is 2.91. The van der Waals surface area contributed by atoms with E-state index in [-0.39, 0.29) is 11.5 Å². The minimum atomic E-state index is -4.41. The van der Waals surface area contributed by atoms with E-state index in [1.54, 1.807) is 35.5 Å². The number of aliphatic hydroxyl groups is 1. The number of halogens is 3. The maximum atomic E-state index is 12.9. The number of piperazine rings is 1. The Balaban J connectivity index is 1.35. The van der Waals surface area contributed by atoms with Gasteiger partial charge in [-0.25, -0.2) is 9.97 Å². The van der Waals surface area contributed by atoms with Crippen molar-refractivity contribution < 1.29 is 27.9 Å². The fourth-order valence-electron chi connectivity index (χ4n) is 3.89. The van der Waals surface area contributed by atoms with Crippen LogP contribution in [0.15, 0.2) is 67.0 Å². The number of nitrogens with zero attached hydrogens (tertiary/aromatic N) is 4. The van der Waals surface area contributed by atoms with Gasteiger partial charge in [-0.15, -0.1) is 0 Å². The molecular weight excluding hydrogens is 475 g/mol. The molecule has 1 aliphatic heterocycles. The average molecular weight is 499 g/mol. The van der Waals surface area contributed by atoms with Gasteiger partial charge >= 0.3 is 6.18 Å². The van der Waals surface area contributed by atoms with Crippen molar-refractivity contribution in [1.29, 1.82) is 0 Å². The Bertz CT molecular complexity index is 1180. The van der Waals surface area contributed by atoms with Crippen LogP contribution >= 0.6 is 0 Å². The van der Waals surface area contributed by atoms with Crippen LogP contribution in [0.2, 0.25) is 0 Å². The first kappa shape index (κ1) is 25.1. The zero-order valence-electron chi connectivity index (χ0n) is 19.2. The molecule has 0 saturated carbocycles. The quantitative estimate of drug-likeness (QED) is 0.541. The molecule has 3 aromatic rings. The molecule has 8 nitrogen and oxygen atoms in total. The molecule has 2 aromatic carbocycles.